The van der Waals surface area contributed by atoms with E-state index in [9.17, 15) is 18.0 Å². The van der Waals surface area contributed by atoms with Crippen LogP contribution in [-0.4, -0.2) is 42.1 Å². The number of urea groups is 1. The predicted octanol–water partition coefficient (Wildman–Crippen LogP) is 4.33. The molecule has 7 heteroatoms. The van der Waals surface area contributed by atoms with Crippen molar-refractivity contribution in [3.63, 3.8) is 0 Å². The number of imide groups is 1. The van der Waals surface area contributed by atoms with Gasteiger partial charge in [-0.25, -0.2) is 17.5 Å². The van der Waals surface area contributed by atoms with Gasteiger partial charge in [-0.2, -0.15) is 0 Å². The van der Waals surface area contributed by atoms with E-state index >= 15 is 0 Å². The van der Waals surface area contributed by atoms with Gasteiger partial charge in [-0.15, -0.1) is 0 Å². The lowest BCUT2D eigenvalue weighted by molar-refractivity contribution is -0.137. The summed E-state index contributed by atoms with van der Waals surface area (Å²) in [5, 5.41) is 0. The van der Waals surface area contributed by atoms with Crippen LogP contribution in [0.3, 0.4) is 0 Å². The van der Waals surface area contributed by atoms with Gasteiger partial charge in [-0.3, -0.25) is 9.69 Å². The number of sulfonamides is 1. The third kappa shape index (κ3) is 3.31. The van der Waals surface area contributed by atoms with E-state index in [4.69, 9.17) is 0 Å². The number of rotatable bonds is 5. The van der Waals surface area contributed by atoms with E-state index in [1.165, 1.54) is 24.2 Å². The molecule has 5 aliphatic rings. The van der Waals surface area contributed by atoms with Gasteiger partial charge in [0, 0.05) is 6.42 Å². The molecule has 0 spiro atoms. The number of hydrogen-bond donors (Lipinski definition) is 0. The summed E-state index contributed by atoms with van der Waals surface area (Å²) in [5.74, 6) is 1.75. The van der Waals surface area contributed by atoms with Gasteiger partial charge in [-0.1, -0.05) is 24.6 Å². The molecule has 1 atom stereocenters. The lowest BCUT2D eigenvalue weighted by atomic mass is 9.47. The van der Waals surface area contributed by atoms with Crippen LogP contribution in [0.15, 0.2) is 29.2 Å². The summed E-state index contributed by atoms with van der Waals surface area (Å²) in [5.41, 5.74) is 0.837. The zero-order valence-electron chi connectivity index (χ0n) is 18.4. The third-order valence-corrected chi connectivity index (χ3v) is 9.96. The van der Waals surface area contributed by atoms with Crippen molar-refractivity contribution in [1.82, 2.24) is 9.21 Å². The van der Waals surface area contributed by atoms with Crippen LogP contribution in [0.1, 0.15) is 63.9 Å². The first-order valence-electron chi connectivity index (χ1n) is 11.7. The standard InChI is InChI=1S/C24H32N2O4S/c1-3-4-22(27)26-21(24-12-17-9-18(13-24)11-19(10-17)14-24)15-25(23(26)28)31(29,30)20-7-5-16(2)6-8-20/h5-8,17-19,21H,3-4,9-15H2,1-2H3/t17?,18?,19?,21-,24?/m0/s1. The highest BCUT2D eigenvalue weighted by molar-refractivity contribution is 7.89. The quantitative estimate of drug-likeness (QED) is 0.677. The number of hydrogen-bond acceptors (Lipinski definition) is 4. The van der Waals surface area contributed by atoms with Crippen LogP contribution in [0.2, 0.25) is 0 Å². The second kappa shape index (κ2) is 7.32. The van der Waals surface area contributed by atoms with E-state index in [1.54, 1.807) is 24.3 Å². The lowest BCUT2D eigenvalue weighted by Crippen LogP contribution is -2.57. The van der Waals surface area contributed by atoms with E-state index in [0.29, 0.717) is 24.2 Å². The van der Waals surface area contributed by atoms with Crippen molar-refractivity contribution in [2.45, 2.75) is 76.2 Å². The van der Waals surface area contributed by atoms with Crippen molar-refractivity contribution in [3.05, 3.63) is 29.8 Å². The molecule has 4 aliphatic carbocycles. The SMILES string of the molecule is CCCC(=O)N1C(=O)N(S(=O)(=O)c2ccc(C)cc2)C[C@H]1C12CC3CC(CC(C3)C1)C2. The largest absolute Gasteiger partial charge is 0.341 e. The molecule has 31 heavy (non-hydrogen) atoms. The second-order valence-corrected chi connectivity index (χ2v) is 12.3. The summed E-state index contributed by atoms with van der Waals surface area (Å²) in [6.45, 7) is 3.90. The van der Waals surface area contributed by atoms with E-state index in [0.717, 1.165) is 29.1 Å². The topological polar surface area (TPSA) is 74.8 Å². The highest BCUT2D eigenvalue weighted by Crippen LogP contribution is 2.62. The predicted molar refractivity (Wildman–Crippen MR) is 117 cm³/mol. The molecule has 6 nitrogen and oxygen atoms in total. The Morgan fingerprint density at radius 1 is 1.03 bits per heavy atom. The van der Waals surface area contributed by atoms with Crippen LogP contribution >= 0.6 is 0 Å². The average Bonchev–Trinajstić information content (AvgIpc) is 3.06. The highest BCUT2D eigenvalue weighted by atomic mass is 32.2. The molecule has 1 saturated heterocycles. The molecule has 4 bridgehead atoms. The molecule has 1 aromatic carbocycles. The molecular weight excluding hydrogens is 412 g/mol. The molecule has 0 unspecified atom stereocenters. The number of carbonyl (C=O) groups is 2. The summed E-state index contributed by atoms with van der Waals surface area (Å²) >= 11 is 0. The molecule has 1 aliphatic heterocycles. The minimum Gasteiger partial charge on any atom is -0.274 e. The van der Waals surface area contributed by atoms with Gasteiger partial charge in [-0.05, 0) is 87.2 Å². The molecule has 0 aromatic heterocycles. The van der Waals surface area contributed by atoms with Gasteiger partial charge in [0.25, 0.3) is 10.0 Å². The lowest BCUT2D eigenvalue weighted by Gasteiger charge is -2.59. The Morgan fingerprint density at radius 3 is 2.10 bits per heavy atom. The van der Waals surface area contributed by atoms with Gasteiger partial charge in [0.05, 0.1) is 17.5 Å². The Hall–Kier alpha value is -1.89. The molecule has 168 valence electrons. The van der Waals surface area contributed by atoms with Crippen molar-refractivity contribution in [1.29, 1.82) is 0 Å². The molecular formula is C24H32N2O4S. The second-order valence-electron chi connectivity index (χ2n) is 10.4. The van der Waals surface area contributed by atoms with Crippen LogP contribution in [0.4, 0.5) is 4.79 Å². The van der Waals surface area contributed by atoms with Gasteiger partial charge < -0.3 is 0 Å². The minimum atomic E-state index is -4.00. The van der Waals surface area contributed by atoms with Gasteiger partial charge in [0.1, 0.15) is 0 Å². The third-order valence-electron chi connectivity index (χ3n) is 8.20. The Morgan fingerprint density at radius 2 is 1.58 bits per heavy atom. The fourth-order valence-corrected chi connectivity index (χ4v) is 8.64. The fraction of sp³-hybridized carbons (Fsp3) is 0.667. The van der Waals surface area contributed by atoms with Crippen LogP contribution in [0.25, 0.3) is 0 Å². The molecule has 0 radical (unpaired) electrons. The molecule has 5 fully saturated rings. The van der Waals surface area contributed by atoms with E-state index in [-0.39, 0.29) is 35.2 Å². The summed E-state index contributed by atoms with van der Waals surface area (Å²) in [6.07, 6.45) is 7.74. The van der Waals surface area contributed by atoms with E-state index in [1.807, 2.05) is 13.8 Å². The number of benzene rings is 1. The Labute approximate surface area is 185 Å². The maximum atomic E-state index is 13.5. The van der Waals surface area contributed by atoms with Crippen LogP contribution in [0, 0.1) is 30.1 Å². The smallest absolute Gasteiger partial charge is 0.274 e. The van der Waals surface area contributed by atoms with Crippen molar-refractivity contribution < 1.29 is 18.0 Å². The maximum Gasteiger partial charge on any atom is 0.341 e. The Kier molecular flexibility index (Phi) is 4.96. The molecule has 0 N–H and O–H groups in total. The molecule has 4 saturated carbocycles. The zero-order valence-corrected chi connectivity index (χ0v) is 19.2. The summed E-state index contributed by atoms with van der Waals surface area (Å²) < 4.78 is 27.8. The van der Waals surface area contributed by atoms with E-state index in [2.05, 4.69) is 0 Å². The first kappa shape index (κ1) is 21.0. The summed E-state index contributed by atoms with van der Waals surface area (Å²) in [6, 6.07) is 5.59. The van der Waals surface area contributed by atoms with Crippen molar-refractivity contribution in [3.8, 4) is 0 Å². The number of nitrogens with zero attached hydrogens (tertiary/aromatic N) is 2. The Bertz CT molecular complexity index is 966. The molecule has 6 rings (SSSR count). The monoisotopic (exact) mass is 444 g/mol. The first-order chi connectivity index (χ1) is 14.7. The summed E-state index contributed by atoms with van der Waals surface area (Å²) in [7, 11) is -4.00. The fourth-order valence-electron chi connectivity index (χ4n) is 7.28. The van der Waals surface area contributed by atoms with Crippen LogP contribution in [0.5, 0.6) is 0 Å². The van der Waals surface area contributed by atoms with Gasteiger partial charge in [0.15, 0.2) is 0 Å². The zero-order chi connectivity index (χ0) is 22.0. The number of amides is 3. The number of aryl methyl sites for hydroxylation is 1. The minimum absolute atomic E-state index is 0.0939. The highest BCUT2D eigenvalue weighted by Gasteiger charge is 2.60. The van der Waals surface area contributed by atoms with Gasteiger partial charge >= 0.3 is 6.03 Å². The van der Waals surface area contributed by atoms with Crippen LogP contribution in [-0.2, 0) is 14.8 Å². The summed E-state index contributed by atoms with van der Waals surface area (Å²) in [4.78, 5) is 28.0. The first-order valence-corrected chi connectivity index (χ1v) is 13.1. The Balaban J connectivity index is 1.52. The van der Waals surface area contributed by atoms with Crippen molar-refractivity contribution in [2.24, 2.45) is 23.2 Å². The van der Waals surface area contributed by atoms with Gasteiger partial charge in [0.2, 0.25) is 5.91 Å². The molecule has 1 heterocycles. The van der Waals surface area contributed by atoms with E-state index < -0.39 is 16.1 Å². The number of carbonyl (C=O) groups excluding carboxylic acids is 2. The molecule has 1 aromatic rings. The average molecular weight is 445 g/mol. The maximum absolute atomic E-state index is 13.5. The molecule has 3 amide bonds. The van der Waals surface area contributed by atoms with Crippen molar-refractivity contribution in [2.75, 3.05) is 6.54 Å². The normalized spacial score (nSPS) is 34.6. The van der Waals surface area contributed by atoms with Crippen molar-refractivity contribution >= 4 is 22.0 Å². The van der Waals surface area contributed by atoms with Crippen LogP contribution < -0.4 is 0 Å².